The maximum Gasteiger partial charge on any atom is 0.408 e. The summed E-state index contributed by atoms with van der Waals surface area (Å²) in [7, 11) is 0. The van der Waals surface area contributed by atoms with Crippen LogP contribution in [0.5, 0.6) is 0 Å². The minimum atomic E-state index is -0.938. The Bertz CT molecular complexity index is 1180. The van der Waals surface area contributed by atoms with E-state index in [-0.39, 0.29) is 32.0 Å². The molecular formula is C25H23BrN4O5. The Labute approximate surface area is 210 Å². The van der Waals surface area contributed by atoms with Crippen molar-refractivity contribution in [3.63, 3.8) is 0 Å². The van der Waals surface area contributed by atoms with Crippen LogP contribution in [0.3, 0.4) is 0 Å². The largest absolute Gasteiger partial charge is 0.481 e. The Morgan fingerprint density at radius 2 is 1.69 bits per heavy atom. The van der Waals surface area contributed by atoms with Gasteiger partial charge in [0, 0.05) is 37.5 Å². The van der Waals surface area contributed by atoms with E-state index >= 15 is 0 Å². The van der Waals surface area contributed by atoms with Gasteiger partial charge in [-0.05, 0) is 27.1 Å². The van der Waals surface area contributed by atoms with Crippen molar-refractivity contribution in [3.05, 3.63) is 82.6 Å². The molecule has 1 saturated heterocycles. The number of halogens is 1. The number of nitrogens with zero attached hydrogens (tertiary/aromatic N) is 3. The second-order valence-electron chi connectivity index (χ2n) is 8.16. The third-order valence-electron chi connectivity index (χ3n) is 5.62. The zero-order chi connectivity index (χ0) is 24.8. The highest BCUT2D eigenvalue weighted by Gasteiger charge is 2.38. The summed E-state index contributed by atoms with van der Waals surface area (Å²) >= 11 is 3.31. The summed E-state index contributed by atoms with van der Waals surface area (Å²) in [6.07, 6.45) is 2.82. The van der Waals surface area contributed by atoms with Crippen LogP contribution in [0.2, 0.25) is 0 Å². The number of carboxylic acids is 1. The summed E-state index contributed by atoms with van der Waals surface area (Å²) in [5.41, 5.74) is 2.44. The molecule has 4 rings (SSSR count). The quantitative estimate of drug-likeness (QED) is 0.451. The van der Waals surface area contributed by atoms with Gasteiger partial charge < -0.3 is 20.1 Å². The molecule has 2 heterocycles. The van der Waals surface area contributed by atoms with E-state index in [1.54, 1.807) is 12.4 Å². The van der Waals surface area contributed by atoms with Crippen molar-refractivity contribution in [1.29, 1.82) is 0 Å². The first-order valence-electron chi connectivity index (χ1n) is 10.9. The molecule has 9 nitrogen and oxygen atoms in total. The van der Waals surface area contributed by atoms with E-state index in [4.69, 9.17) is 9.84 Å². The van der Waals surface area contributed by atoms with Crippen LogP contribution in [0.4, 0.5) is 4.79 Å². The third-order valence-corrected chi connectivity index (χ3v) is 6.03. The molecule has 2 aromatic carbocycles. The number of carbonyl (C=O) groups is 3. The van der Waals surface area contributed by atoms with Crippen molar-refractivity contribution in [2.45, 2.75) is 19.1 Å². The molecule has 0 saturated carbocycles. The van der Waals surface area contributed by atoms with Gasteiger partial charge in [-0.15, -0.1) is 0 Å². The van der Waals surface area contributed by atoms with Crippen molar-refractivity contribution in [2.24, 2.45) is 5.92 Å². The van der Waals surface area contributed by atoms with E-state index in [1.165, 1.54) is 4.90 Å². The SMILES string of the molecule is O=C(N[C@@H](Cc1ccc(-c2ncc(Br)cn2)cc1)C(=O)N1CC(C(=O)O)C1)OCc1ccccc1. The lowest BCUT2D eigenvalue weighted by Crippen LogP contribution is -2.59. The predicted molar refractivity (Wildman–Crippen MR) is 130 cm³/mol. The number of hydrogen-bond acceptors (Lipinski definition) is 6. The molecule has 2 amide bonds. The van der Waals surface area contributed by atoms with E-state index in [0.29, 0.717) is 5.82 Å². The first-order chi connectivity index (χ1) is 16.9. The molecule has 0 radical (unpaired) electrons. The van der Waals surface area contributed by atoms with Crippen LogP contribution >= 0.6 is 15.9 Å². The average Bonchev–Trinajstić information content (AvgIpc) is 2.83. The number of likely N-dealkylation sites (tertiary alicyclic amines) is 1. The summed E-state index contributed by atoms with van der Waals surface area (Å²) < 4.78 is 6.07. The van der Waals surface area contributed by atoms with Crippen LogP contribution in [0, 0.1) is 5.92 Å². The number of hydrogen-bond donors (Lipinski definition) is 2. The van der Waals surface area contributed by atoms with Gasteiger partial charge in [0.25, 0.3) is 0 Å². The molecule has 3 aromatic rings. The highest BCUT2D eigenvalue weighted by molar-refractivity contribution is 9.10. The molecule has 0 bridgehead atoms. The number of amides is 2. The maximum atomic E-state index is 13.1. The van der Waals surface area contributed by atoms with Gasteiger partial charge >= 0.3 is 12.1 Å². The Balaban J connectivity index is 1.43. The fourth-order valence-electron chi connectivity index (χ4n) is 3.63. The standard InChI is InChI=1S/C25H23BrN4O5/c26-20-11-27-22(28-12-20)18-8-6-16(7-9-18)10-21(23(31)30-13-19(14-30)24(32)33)29-25(34)35-15-17-4-2-1-3-5-17/h1-9,11-12,19,21H,10,13-15H2,(H,29,34)(H,32,33)/t21-/m0/s1. The van der Waals surface area contributed by atoms with Gasteiger partial charge in [-0.2, -0.15) is 0 Å². The predicted octanol–water partition coefficient (Wildman–Crippen LogP) is 3.29. The molecule has 1 fully saturated rings. The van der Waals surface area contributed by atoms with E-state index < -0.39 is 24.0 Å². The molecule has 1 aliphatic heterocycles. The van der Waals surface area contributed by atoms with Crippen LogP contribution in [0.1, 0.15) is 11.1 Å². The molecule has 0 spiro atoms. The fourth-order valence-corrected chi connectivity index (χ4v) is 3.83. The van der Waals surface area contributed by atoms with Gasteiger partial charge in [-0.1, -0.05) is 54.6 Å². The van der Waals surface area contributed by atoms with E-state index in [1.807, 2.05) is 54.6 Å². The second kappa shape index (κ2) is 11.1. The number of ether oxygens (including phenoxy) is 1. The lowest BCUT2D eigenvalue weighted by molar-refractivity contribution is -0.153. The van der Waals surface area contributed by atoms with E-state index in [2.05, 4.69) is 31.2 Å². The normalized spacial score (nSPS) is 14.0. The van der Waals surface area contributed by atoms with Crippen molar-refractivity contribution in [3.8, 4) is 11.4 Å². The summed E-state index contributed by atoms with van der Waals surface area (Å²) in [6.45, 7) is 0.302. The summed E-state index contributed by atoms with van der Waals surface area (Å²) in [5, 5.41) is 11.8. The first kappa shape index (κ1) is 24.3. The van der Waals surface area contributed by atoms with Crippen LogP contribution in [-0.2, 0) is 27.4 Å². The zero-order valence-electron chi connectivity index (χ0n) is 18.6. The van der Waals surface area contributed by atoms with Crippen LogP contribution in [0.15, 0.2) is 71.5 Å². The summed E-state index contributed by atoms with van der Waals surface area (Å²) in [5.74, 6) is -1.31. The summed E-state index contributed by atoms with van der Waals surface area (Å²) in [4.78, 5) is 46.7. The fraction of sp³-hybridized carbons (Fsp3) is 0.240. The van der Waals surface area contributed by atoms with Gasteiger partial charge in [0.2, 0.25) is 5.91 Å². The van der Waals surface area contributed by atoms with Crippen molar-refractivity contribution < 1.29 is 24.2 Å². The van der Waals surface area contributed by atoms with Gasteiger partial charge in [0.15, 0.2) is 5.82 Å². The minimum absolute atomic E-state index is 0.0697. The smallest absolute Gasteiger partial charge is 0.408 e. The van der Waals surface area contributed by atoms with Crippen molar-refractivity contribution in [2.75, 3.05) is 13.1 Å². The topological polar surface area (TPSA) is 122 Å². The Morgan fingerprint density at radius 1 is 1.03 bits per heavy atom. The van der Waals surface area contributed by atoms with E-state index in [9.17, 15) is 14.4 Å². The Morgan fingerprint density at radius 3 is 2.31 bits per heavy atom. The number of aromatic nitrogens is 2. The molecule has 0 unspecified atom stereocenters. The van der Waals surface area contributed by atoms with Crippen molar-refractivity contribution >= 4 is 33.9 Å². The zero-order valence-corrected chi connectivity index (χ0v) is 20.2. The Hall–Kier alpha value is -3.79. The number of nitrogens with one attached hydrogen (secondary N) is 1. The van der Waals surface area contributed by atoms with Crippen molar-refractivity contribution in [1.82, 2.24) is 20.2 Å². The van der Waals surface area contributed by atoms with Gasteiger partial charge in [-0.25, -0.2) is 14.8 Å². The van der Waals surface area contributed by atoms with Gasteiger partial charge in [0.05, 0.1) is 10.4 Å². The molecule has 1 aliphatic rings. The van der Waals surface area contributed by atoms with Crippen LogP contribution in [0.25, 0.3) is 11.4 Å². The highest BCUT2D eigenvalue weighted by Crippen LogP contribution is 2.20. The van der Waals surface area contributed by atoms with E-state index in [0.717, 1.165) is 21.2 Å². The lowest BCUT2D eigenvalue weighted by Gasteiger charge is -2.38. The molecule has 180 valence electrons. The molecule has 1 atom stereocenters. The molecular weight excluding hydrogens is 516 g/mol. The number of carbonyl (C=O) groups excluding carboxylic acids is 2. The number of benzene rings is 2. The molecule has 35 heavy (non-hydrogen) atoms. The lowest BCUT2D eigenvalue weighted by atomic mass is 9.97. The molecule has 10 heteroatoms. The number of rotatable bonds is 8. The Kier molecular flexibility index (Phi) is 7.71. The number of alkyl carbamates (subject to hydrolysis) is 1. The van der Waals surface area contributed by atoms with Gasteiger partial charge in [-0.3, -0.25) is 9.59 Å². The molecule has 0 aliphatic carbocycles. The van der Waals surface area contributed by atoms with Crippen LogP contribution in [-0.4, -0.2) is 57.1 Å². The second-order valence-corrected chi connectivity index (χ2v) is 9.08. The molecule has 2 N–H and O–H groups in total. The number of carboxylic acid groups (broad SMARTS) is 1. The minimum Gasteiger partial charge on any atom is -0.481 e. The third kappa shape index (κ3) is 6.42. The number of aliphatic carboxylic acids is 1. The maximum absolute atomic E-state index is 13.1. The van der Waals surface area contributed by atoms with Crippen LogP contribution < -0.4 is 5.32 Å². The highest BCUT2D eigenvalue weighted by atomic mass is 79.9. The monoisotopic (exact) mass is 538 g/mol. The first-order valence-corrected chi connectivity index (χ1v) is 11.7. The summed E-state index contributed by atoms with van der Waals surface area (Å²) in [6, 6.07) is 15.7. The van der Waals surface area contributed by atoms with Gasteiger partial charge in [0.1, 0.15) is 12.6 Å². The molecule has 1 aromatic heterocycles. The average molecular weight is 539 g/mol.